The van der Waals surface area contributed by atoms with Gasteiger partial charge in [0.1, 0.15) is 8.07 Å². The van der Waals surface area contributed by atoms with E-state index in [1.54, 1.807) is 10.4 Å². The van der Waals surface area contributed by atoms with Crippen LogP contribution >= 0.6 is 0 Å². The van der Waals surface area contributed by atoms with Gasteiger partial charge in [-0.05, 0) is 67.0 Å². The molecule has 4 aromatic carbocycles. The Bertz CT molecular complexity index is 1270. The normalized spacial score (nSPS) is 13.3. The lowest BCUT2D eigenvalue weighted by Gasteiger charge is -2.36. The fourth-order valence-electron chi connectivity index (χ4n) is 6.56. The smallest absolute Gasteiger partial charge is 0.0654 e. The zero-order valence-electron chi connectivity index (χ0n) is 21.0. The molecule has 1 heteroatoms. The molecule has 0 unspecified atom stereocenters. The molecule has 2 aliphatic carbocycles. The van der Waals surface area contributed by atoms with Crippen LogP contribution in [-0.2, 0) is 0 Å². The number of fused-ring (bicyclic) bond motifs is 6. The van der Waals surface area contributed by atoms with E-state index in [0.29, 0.717) is 0 Å². The Kier molecular flexibility index (Phi) is 5.98. The first kappa shape index (κ1) is 22.6. The summed E-state index contributed by atoms with van der Waals surface area (Å²) in [5, 5.41) is 3.32. The van der Waals surface area contributed by atoms with Crippen LogP contribution in [0.2, 0.25) is 12.1 Å². The Hall–Kier alpha value is -2.90. The van der Waals surface area contributed by atoms with Gasteiger partial charge in [-0.3, -0.25) is 0 Å². The van der Waals surface area contributed by atoms with Crippen molar-refractivity contribution >= 4 is 18.4 Å². The van der Waals surface area contributed by atoms with E-state index < -0.39 is 8.07 Å². The van der Waals surface area contributed by atoms with Crippen LogP contribution in [0.4, 0.5) is 0 Å². The van der Waals surface area contributed by atoms with Gasteiger partial charge in [-0.1, -0.05) is 124 Å². The van der Waals surface area contributed by atoms with Crippen molar-refractivity contribution in [3.63, 3.8) is 0 Å². The summed E-state index contributed by atoms with van der Waals surface area (Å²) in [4.78, 5) is 0. The molecule has 4 aromatic rings. The van der Waals surface area contributed by atoms with Crippen molar-refractivity contribution in [2.45, 2.75) is 51.6 Å². The van der Waals surface area contributed by atoms with Gasteiger partial charge in [0.15, 0.2) is 0 Å². The summed E-state index contributed by atoms with van der Waals surface area (Å²) in [7, 11) is -2.04. The molecule has 0 aromatic heterocycles. The molecule has 0 amide bonds. The van der Waals surface area contributed by atoms with Gasteiger partial charge in [0.2, 0.25) is 0 Å². The fraction of sp³-hybridized carbons (Fsp3) is 0.235. The minimum absolute atomic E-state index is 1.25. The largest absolute Gasteiger partial charge is 0.119 e. The Balaban J connectivity index is 1.59. The van der Waals surface area contributed by atoms with E-state index >= 15 is 0 Å². The SMILES string of the molecule is CCCC[Si](CCCC)(c1cccc2c1[CH]c1ccccc1-2)c1cccc2c1[CH]c1ccccc1-2. The first-order valence-electron chi connectivity index (χ1n) is 13.4. The number of hydrogen-bond acceptors (Lipinski definition) is 0. The molecule has 0 atom stereocenters. The third-order valence-electron chi connectivity index (χ3n) is 8.26. The summed E-state index contributed by atoms with van der Waals surface area (Å²) in [5.41, 5.74) is 11.4. The Labute approximate surface area is 212 Å². The molecule has 0 aliphatic heterocycles. The standard InChI is InChI=1S/C34H34Si/c1-3-5-21-35(22-6-4-2,33-19-11-17-29-27-15-9-7-13-25(27)23-31(29)33)34-20-12-18-30-28-16-10-8-14-26(28)24-32(30)34/h7-20,23-24H,3-6,21-22H2,1-2H3. The molecule has 2 aliphatic rings. The lowest BCUT2D eigenvalue weighted by molar-refractivity contribution is 0.837. The second-order valence-corrected chi connectivity index (χ2v) is 14.5. The van der Waals surface area contributed by atoms with Crippen LogP contribution in [0.1, 0.15) is 61.8 Å². The molecule has 0 saturated heterocycles. The van der Waals surface area contributed by atoms with Crippen molar-refractivity contribution in [1.82, 2.24) is 0 Å². The minimum Gasteiger partial charge on any atom is -0.0654 e. The van der Waals surface area contributed by atoms with Crippen molar-refractivity contribution < 1.29 is 0 Å². The molecule has 0 bridgehead atoms. The van der Waals surface area contributed by atoms with Crippen molar-refractivity contribution in [1.29, 1.82) is 0 Å². The van der Waals surface area contributed by atoms with E-state index in [2.05, 4.69) is 112 Å². The van der Waals surface area contributed by atoms with Gasteiger partial charge >= 0.3 is 0 Å². The molecule has 0 N–H and O–H groups in total. The van der Waals surface area contributed by atoms with Gasteiger partial charge in [0.05, 0.1) is 0 Å². The molecule has 2 radical (unpaired) electrons. The van der Waals surface area contributed by atoms with Crippen molar-refractivity contribution in [3.05, 3.63) is 120 Å². The van der Waals surface area contributed by atoms with Crippen LogP contribution in [0.3, 0.4) is 0 Å². The zero-order valence-corrected chi connectivity index (χ0v) is 22.0. The third kappa shape index (κ3) is 3.64. The predicted molar refractivity (Wildman–Crippen MR) is 153 cm³/mol. The second kappa shape index (κ2) is 9.28. The van der Waals surface area contributed by atoms with E-state index in [1.165, 1.54) is 82.3 Å². The monoisotopic (exact) mass is 470 g/mol. The summed E-state index contributed by atoms with van der Waals surface area (Å²) in [6.45, 7) is 4.71. The zero-order chi connectivity index (χ0) is 23.8. The molecule has 0 spiro atoms. The quantitative estimate of drug-likeness (QED) is 0.198. The fourth-order valence-corrected chi connectivity index (χ4v) is 12.4. The number of unbranched alkanes of at least 4 members (excludes halogenated alkanes) is 2. The highest BCUT2D eigenvalue weighted by atomic mass is 28.3. The maximum absolute atomic E-state index is 2.50. The molecule has 0 fully saturated rings. The maximum Gasteiger partial charge on any atom is 0.119 e. The van der Waals surface area contributed by atoms with Crippen LogP contribution in [0, 0.1) is 12.8 Å². The van der Waals surface area contributed by atoms with E-state index in [4.69, 9.17) is 0 Å². The molecular formula is C34H34Si. The van der Waals surface area contributed by atoms with Gasteiger partial charge in [-0.15, -0.1) is 0 Å². The van der Waals surface area contributed by atoms with Crippen LogP contribution in [0.15, 0.2) is 84.9 Å². The first-order valence-corrected chi connectivity index (χ1v) is 15.8. The molecule has 0 heterocycles. The molecule has 0 saturated carbocycles. The highest BCUT2D eigenvalue weighted by molar-refractivity contribution is 7.03. The van der Waals surface area contributed by atoms with E-state index in [0.717, 1.165) is 0 Å². The van der Waals surface area contributed by atoms with Crippen molar-refractivity contribution in [2.75, 3.05) is 0 Å². The van der Waals surface area contributed by atoms with Crippen LogP contribution < -0.4 is 10.4 Å². The predicted octanol–water partition coefficient (Wildman–Crippen LogP) is 8.01. The van der Waals surface area contributed by atoms with Gasteiger partial charge in [-0.25, -0.2) is 0 Å². The van der Waals surface area contributed by atoms with E-state index in [9.17, 15) is 0 Å². The topological polar surface area (TPSA) is 0 Å². The summed E-state index contributed by atoms with van der Waals surface area (Å²) in [6.07, 6.45) is 10.1. The van der Waals surface area contributed by atoms with Gasteiger partial charge in [0, 0.05) is 12.8 Å². The minimum atomic E-state index is -2.04. The van der Waals surface area contributed by atoms with Crippen LogP contribution in [-0.4, -0.2) is 8.07 Å². The second-order valence-electron chi connectivity index (χ2n) is 10.3. The van der Waals surface area contributed by atoms with E-state index in [-0.39, 0.29) is 0 Å². The highest BCUT2D eigenvalue weighted by Crippen LogP contribution is 2.41. The molecular weight excluding hydrogens is 436 g/mol. The lowest BCUT2D eigenvalue weighted by atomic mass is 10.1. The number of rotatable bonds is 8. The summed E-state index contributed by atoms with van der Waals surface area (Å²) in [6, 6.07) is 34.9. The lowest BCUT2D eigenvalue weighted by Crippen LogP contribution is -2.60. The van der Waals surface area contributed by atoms with Crippen LogP contribution in [0.5, 0.6) is 0 Å². The van der Waals surface area contributed by atoms with Crippen LogP contribution in [0.25, 0.3) is 22.3 Å². The average Bonchev–Trinajstić information content (AvgIpc) is 3.48. The highest BCUT2D eigenvalue weighted by Gasteiger charge is 2.42. The maximum atomic E-state index is 2.50. The molecule has 35 heavy (non-hydrogen) atoms. The van der Waals surface area contributed by atoms with Gasteiger partial charge in [0.25, 0.3) is 0 Å². The number of hydrogen-bond donors (Lipinski definition) is 0. The average molecular weight is 471 g/mol. The Morgan fingerprint density at radius 3 is 1.37 bits per heavy atom. The summed E-state index contributed by atoms with van der Waals surface area (Å²) in [5.74, 6) is 0. The third-order valence-corrected chi connectivity index (χ3v) is 13.6. The summed E-state index contributed by atoms with van der Waals surface area (Å²) < 4.78 is 0. The molecule has 174 valence electrons. The Morgan fingerprint density at radius 2 is 0.914 bits per heavy atom. The van der Waals surface area contributed by atoms with Crippen molar-refractivity contribution in [3.8, 4) is 22.3 Å². The van der Waals surface area contributed by atoms with Gasteiger partial charge in [-0.2, -0.15) is 0 Å². The van der Waals surface area contributed by atoms with Crippen molar-refractivity contribution in [2.24, 2.45) is 0 Å². The Morgan fingerprint density at radius 1 is 0.486 bits per heavy atom. The molecule has 6 rings (SSSR count). The van der Waals surface area contributed by atoms with Gasteiger partial charge < -0.3 is 0 Å². The molecule has 0 nitrogen and oxygen atoms in total. The number of benzene rings is 4. The van der Waals surface area contributed by atoms with E-state index in [1.807, 2.05) is 0 Å². The first-order chi connectivity index (χ1) is 17.3. The summed E-state index contributed by atoms with van der Waals surface area (Å²) >= 11 is 0.